The molecule has 0 aliphatic rings. The Morgan fingerprint density at radius 1 is 1.07 bits per heavy atom. The zero-order valence-corrected chi connectivity index (χ0v) is 22.8. The Morgan fingerprint density at radius 3 is 2.46 bits per heavy atom. The number of rotatable bonds is 8. The Balaban J connectivity index is 0.00000387. The van der Waals surface area contributed by atoms with Crippen LogP contribution in [0, 0.1) is 17.5 Å². The van der Waals surface area contributed by atoms with E-state index in [1.54, 1.807) is 0 Å². The average molecular weight is 589 g/mol. The van der Waals surface area contributed by atoms with Crippen molar-refractivity contribution in [3.8, 4) is 22.6 Å². The number of aromatic nitrogens is 5. The minimum atomic E-state index is -0.785. The zero-order valence-electron chi connectivity index (χ0n) is 22.0. The largest absolute Gasteiger partial charge is 0.493 e. The van der Waals surface area contributed by atoms with Gasteiger partial charge in [-0.1, -0.05) is 0 Å². The fourth-order valence-corrected chi connectivity index (χ4v) is 4.40. The lowest BCUT2D eigenvalue weighted by Gasteiger charge is -2.17. The molecule has 0 radical (unpaired) electrons. The molecule has 3 aromatic carbocycles. The lowest BCUT2D eigenvalue weighted by atomic mass is 10.0. The number of halogens is 4. The molecule has 5 rings (SSSR count). The van der Waals surface area contributed by atoms with Gasteiger partial charge in [0.2, 0.25) is 5.91 Å². The second-order valence-corrected chi connectivity index (χ2v) is 8.89. The zero-order chi connectivity index (χ0) is 28.6. The van der Waals surface area contributed by atoms with Gasteiger partial charge in [-0.05, 0) is 54.1 Å². The first kappa shape index (κ1) is 29.2. The van der Waals surface area contributed by atoms with Crippen LogP contribution < -0.4 is 20.1 Å². The SMILES string of the molecule is COc1cc(-c2cc(F)cc3c2n(C)c(=O)n3CC(=O)N(C)c2ccc(F)cc2)cc(F)c1OCc1nnc[nH]1.Cl. The van der Waals surface area contributed by atoms with Crippen molar-refractivity contribution in [3.63, 3.8) is 0 Å². The molecule has 0 saturated heterocycles. The summed E-state index contributed by atoms with van der Waals surface area (Å²) in [5, 5.41) is 7.43. The highest BCUT2D eigenvalue weighted by molar-refractivity contribution is 5.96. The molecule has 0 bridgehead atoms. The minimum Gasteiger partial charge on any atom is -0.493 e. The number of anilines is 1. The maximum Gasteiger partial charge on any atom is 0.329 e. The van der Waals surface area contributed by atoms with Crippen molar-refractivity contribution in [1.82, 2.24) is 24.3 Å². The summed E-state index contributed by atoms with van der Waals surface area (Å²) in [4.78, 5) is 30.3. The van der Waals surface area contributed by atoms with Crippen molar-refractivity contribution in [2.45, 2.75) is 13.2 Å². The number of carbonyl (C=O) groups excluding carboxylic acids is 1. The predicted octanol–water partition coefficient (Wildman–Crippen LogP) is 4.21. The molecule has 0 aliphatic carbocycles. The van der Waals surface area contributed by atoms with E-state index in [9.17, 15) is 18.4 Å². The Kier molecular flexibility index (Phi) is 8.38. The highest BCUT2D eigenvalue weighted by atomic mass is 35.5. The molecule has 14 heteroatoms. The first-order valence-electron chi connectivity index (χ1n) is 11.9. The van der Waals surface area contributed by atoms with E-state index in [0.29, 0.717) is 11.5 Å². The third-order valence-electron chi connectivity index (χ3n) is 6.44. The first-order chi connectivity index (χ1) is 19.2. The van der Waals surface area contributed by atoms with Crippen LogP contribution >= 0.6 is 12.4 Å². The van der Waals surface area contributed by atoms with E-state index in [0.717, 1.165) is 16.7 Å². The summed E-state index contributed by atoms with van der Waals surface area (Å²) < 4.78 is 56.7. The first-order valence-corrected chi connectivity index (χ1v) is 11.9. The summed E-state index contributed by atoms with van der Waals surface area (Å²) in [6.45, 7) is -0.520. The minimum absolute atomic E-state index is 0. The van der Waals surface area contributed by atoms with Gasteiger partial charge in [0.1, 0.15) is 31.1 Å². The lowest BCUT2D eigenvalue weighted by Crippen LogP contribution is -2.34. The van der Waals surface area contributed by atoms with Gasteiger partial charge in [-0.15, -0.1) is 22.6 Å². The number of hydrogen-bond acceptors (Lipinski definition) is 6. The Hall–Kier alpha value is -4.78. The van der Waals surface area contributed by atoms with E-state index in [2.05, 4.69) is 15.2 Å². The van der Waals surface area contributed by atoms with Crippen LogP contribution in [0.4, 0.5) is 18.9 Å². The second kappa shape index (κ2) is 11.8. The molecule has 0 aliphatic heterocycles. The van der Waals surface area contributed by atoms with Gasteiger partial charge in [-0.25, -0.2) is 18.0 Å². The number of nitrogens with one attached hydrogen (secondary N) is 1. The Bertz CT molecular complexity index is 1770. The maximum absolute atomic E-state index is 15.3. The molecule has 214 valence electrons. The van der Waals surface area contributed by atoms with E-state index in [-0.39, 0.29) is 52.7 Å². The van der Waals surface area contributed by atoms with E-state index in [1.165, 1.54) is 73.4 Å². The molecule has 0 fully saturated rings. The van der Waals surface area contributed by atoms with Crippen LogP contribution in [0.3, 0.4) is 0 Å². The van der Waals surface area contributed by atoms with E-state index >= 15 is 4.39 Å². The number of hydrogen-bond donors (Lipinski definition) is 1. The van der Waals surface area contributed by atoms with Gasteiger partial charge in [-0.3, -0.25) is 13.9 Å². The van der Waals surface area contributed by atoms with Crippen LogP contribution in [0.2, 0.25) is 0 Å². The van der Waals surface area contributed by atoms with Crippen LogP contribution in [-0.4, -0.2) is 44.4 Å². The van der Waals surface area contributed by atoms with Gasteiger partial charge < -0.3 is 19.4 Å². The van der Waals surface area contributed by atoms with E-state index in [4.69, 9.17) is 9.47 Å². The number of amides is 1. The summed E-state index contributed by atoms with van der Waals surface area (Å²) in [7, 11) is 4.29. The smallest absolute Gasteiger partial charge is 0.329 e. The number of ether oxygens (including phenoxy) is 2. The molecule has 0 unspecified atom stereocenters. The van der Waals surface area contributed by atoms with E-state index < -0.39 is 35.6 Å². The van der Waals surface area contributed by atoms with Crippen LogP contribution in [0.25, 0.3) is 22.2 Å². The Morgan fingerprint density at radius 2 is 1.80 bits per heavy atom. The number of fused-ring (bicyclic) bond motifs is 1. The van der Waals surface area contributed by atoms with Gasteiger partial charge in [0, 0.05) is 25.3 Å². The van der Waals surface area contributed by atoms with Gasteiger partial charge in [0.05, 0.1) is 18.1 Å². The van der Waals surface area contributed by atoms with Gasteiger partial charge in [0.15, 0.2) is 23.1 Å². The van der Waals surface area contributed by atoms with Crippen molar-refractivity contribution < 1.29 is 27.4 Å². The predicted molar refractivity (Wildman–Crippen MR) is 147 cm³/mol. The van der Waals surface area contributed by atoms with Crippen molar-refractivity contribution in [2.75, 3.05) is 19.1 Å². The number of imidazole rings is 1. The quantitative estimate of drug-likeness (QED) is 0.291. The highest BCUT2D eigenvalue weighted by Crippen LogP contribution is 2.38. The topological polar surface area (TPSA) is 107 Å². The summed E-state index contributed by atoms with van der Waals surface area (Å²) in [5.41, 5.74) is 0.663. The average Bonchev–Trinajstić information content (AvgIpc) is 3.54. The number of carbonyl (C=O) groups is 1. The number of likely N-dealkylation sites (N-methyl/N-ethyl adjacent to an activating group) is 1. The van der Waals surface area contributed by atoms with Gasteiger partial charge in [-0.2, -0.15) is 0 Å². The molecule has 0 spiro atoms. The summed E-state index contributed by atoms with van der Waals surface area (Å²) in [6.07, 6.45) is 1.36. The molecule has 10 nitrogen and oxygen atoms in total. The summed E-state index contributed by atoms with van der Waals surface area (Å²) in [5.74, 6) is -2.22. The highest BCUT2D eigenvalue weighted by Gasteiger charge is 2.23. The Labute approximate surface area is 237 Å². The normalized spacial score (nSPS) is 10.9. The van der Waals surface area contributed by atoms with Crippen molar-refractivity contribution >= 4 is 35.0 Å². The fourth-order valence-electron chi connectivity index (χ4n) is 4.40. The van der Waals surface area contributed by atoms with Crippen molar-refractivity contribution in [3.05, 3.63) is 88.6 Å². The maximum atomic E-state index is 15.3. The number of nitrogens with zero attached hydrogens (tertiary/aromatic N) is 5. The fraction of sp³-hybridized carbons (Fsp3) is 0.185. The molecule has 1 amide bonds. The molecular formula is C27H24ClF3N6O4. The molecule has 0 saturated carbocycles. The third-order valence-corrected chi connectivity index (χ3v) is 6.44. The number of aryl methyl sites for hydroxylation is 1. The molecule has 41 heavy (non-hydrogen) atoms. The van der Waals surface area contributed by atoms with Crippen molar-refractivity contribution in [2.24, 2.45) is 7.05 Å². The van der Waals surface area contributed by atoms with E-state index in [1.807, 2.05) is 0 Å². The third kappa shape index (κ3) is 5.61. The molecule has 2 aromatic heterocycles. The van der Waals surface area contributed by atoms with Gasteiger partial charge in [0.25, 0.3) is 0 Å². The van der Waals surface area contributed by atoms with Crippen molar-refractivity contribution in [1.29, 1.82) is 0 Å². The molecule has 2 heterocycles. The van der Waals surface area contributed by atoms with Gasteiger partial charge >= 0.3 is 5.69 Å². The molecule has 1 N–H and O–H groups in total. The molecular weight excluding hydrogens is 565 g/mol. The molecule has 0 atom stereocenters. The molecule has 5 aromatic rings. The number of benzene rings is 3. The van der Waals surface area contributed by atoms with Crippen LogP contribution in [-0.2, 0) is 25.0 Å². The number of H-pyrrole nitrogens is 1. The summed E-state index contributed by atoms with van der Waals surface area (Å²) in [6, 6.07) is 10.2. The number of aromatic amines is 1. The van der Waals surface area contributed by atoms with Crippen LogP contribution in [0.15, 0.2) is 59.7 Å². The summed E-state index contributed by atoms with van der Waals surface area (Å²) >= 11 is 0. The lowest BCUT2D eigenvalue weighted by molar-refractivity contribution is -0.118. The van der Waals surface area contributed by atoms with Crippen LogP contribution in [0.5, 0.6) is 11.5 Å². The number of methoxy groups -OCH3 is 1. The standard InChI is InChI=1S/C27H23F3N6O4.ClH/c1-34(18-6-4-16(28)5-7-18)24(37)12-36-21-11-17(29)10-19(25(21)35(2)27(36)38)15-8-20(30)26(22(9-15)39-3)40-13-23-31-14-32-33-23;/h4-11,14H,12-13H2,1-3H3,(H,31,32,33);1H. The second-order valence-electron chi connectivity index (χ2n) is 8.89. The monoisotopic (exact) mass is 588 g/mol. The van der Waals surface area contributed by atoms with Crippen LogP contribution in [0.1, 0.15) is 5.82 Å².